The summed E-state index contributed by atoms with van der Waals surface area (Å²) in [4.78, 5) is 0. The summed E-state index contributed by atoms with van der Waals surface area (Å²) >= 11 is 0. The van der Waals surface area contributed by atoms with Crippen molar-refractivity contribution < 1.29 is 9.84 Å². The topological polar surface area (TPSA) is 29.5 Å². The summed E-state index contributed by atoms with van der Waals surface area (Å²) in [6.07, 6.45) is 5.23. The second-order valence-corrected chi connectivity index (χ2v) is 6.23. The Balaban J connectivity index is 1.82. The molecule has 2 saturated carbocycles. The molecule has 0 aromatic heterocycles. The standard InChI is InChI=1S/C16H22O2/c1-11-7-12(2)15(18-10-13-3-4-13)14(8-11)9-16(17)5-6-16/h7-8,13,17H,3-6,9-10H2,1-2H3. The van der Waals surface area contributed by atoms with E-state index in [2.05, 4.69) is 26.0 Å². The Hall–Kier alpha value is -1.02. The molecule has 0 radical (unpaired) electrons. The predicted octanol–water partition coefficient (Wildman–Crippen LogP) is 3.16. The zero-order chi connectivity index (χ0) is 12.8. The Morgan fingerprint density at radius 3 is 2.61 bits per heavy atom. The quantitative estimate of drug-likeness (QED) is 0.864. The molecule has 0 atom stereocenters. The van der Waals surface area contributed by atoms with Crippen molar-refractivity contribution in [2.45, 2.75) is 51.6 Å². The van der Waals surface area contributed by atoms with Crippen LogP contribution < -0.4 is 4.74 Å². The van der Waals surface area contributed by atoms with Gasteiger partial charge in [-0.15, -0.1) is 0 Å². The fourth-order valence-electron chi connectivity index (χ4n) is 2.54. The van der Waals surface area contributed by atoms with Gasteiger partial charge in [0.15, 0.2) is 0 Å². The van der Waals surface area contributed by atoms with Gasteiger partial charge in [-0.3, -0.25) is 0 Å². The molecule has 0 saturated heterocycles. The SMILES string of the molecule is Cc1cc(C)c(OCC2CC2)c(CC2(O)CC2)c1. The summed E-state index contributed by atoms with van der Waals surface area (Å²) in [5.41, 5.74) is 3.20. The van der Waals surface area contributed by atoms with Gasteiger partial charge in [-0.2, -0.15) is 0 Å². The van der Waals surface area contributed by atoms with E-state index in [4.69, 9.17) is 4.74 Å². The third-order valence-corrected chi connectivity index (χ3v) is 4.00. The molecule has 0 aliphatic heterocycles. The third kappa shape index (κ3) is 2.69. The molecule has 1 N–H and O–H groups in total. The van der Waals surface area contributed by atoms with Crippen LogP contribution in [0.2, 0.25) is 0 Å². The van der Waals surface area contributed by atoms with Crippen molar-refractivity contribution in [3.63, 3.8) is 0 Å². The Morgan fingerprint density at radius 1 is 1.28 bits per heavy atom. The van der Waals surface area contributed by atoms with E-state index in [0.717, 1.165) is 37.5 Å². The summed E-state index contributed by atoms with van der Waals surface area (Å²) in [5, 5.41) is 10.1. The second-order valence-electron chi connectivity index (χ2n) is 6.23. The van der Waals surface area contributed by atoms with Crippen LogP contribution in [0.15, 0.2) is 12.1 Å². The zero-order valence-corrected chi connectivity index (χ0v) is 11.3. The van der Waals surface area contributed by atoms with Crippen LogP contribution in [0.1, 0.15) is 42.4 Å². The Bertz CT molecular complexity index is 456. The highest BCUT2D eigenvalue weighted by Crippen LogP contribution is 2.41. The highest BCUT2D eigenvalue weighted by atomic mass is 16.5. The van der Waals surface area contributed by atoms with Crippen LogP contribution in [0.25, 0.3) is 0 Å². The van der Waals surface area contributed by atoms with Crippen LogP contribution in [-0.4, -0.2) is 17.3 Å². The molecule has 2 fully saturated rings. The first kappa shape index (κ1) is 12.0. The maximum absolute atomic E-state index is 10.1. The zero-order valence-electron chi connectivity index (χ0n) is 11.3. The predicted molar refractivity (Wildman–Crippen MR) is 72.0 cm³/mol. The largest absolute Gasteiger partial charge is 0.493 e. The van der Waals surface area contributed by atoms with E-state index in [1.165, 1.54) is 29.5 Å². The first-order valence-corrected chi connectivity index (χ1v) is 7.01. The van der Waals surface area contributed by atoms with Gasteiger partial charge in [-0.25, -0.2) is 0 Å². The van der Waals surface area contributed by atoms with Crippen molar-refractivity contribution in [1.82, 2.24) is 0 Å². The van der Waals surface area contributed by atoms with E-state index in [1.54, 1.807) is 0 Å². The van der Waals surface area contributed by atoms with Gasteiger partial charge in [0.25, 0.3) is 0 Å². The highest BCUT2D eigenvalue weighted by Gasteiger charge is 2.41. The summed E-state index contributed by atoms with van der Waals surface area (Å²) in [5.74, 6) is 1.79. The van der Waals surface area contributed by atoms with Gasteiger partial charge in [0.05, 0.1) is 12.2 Å². The first-order chi connectivity index (χ1) is 8.56. The maximum Gasteiger partial charge on any atom is 0.125 e. The number of aliphatic hydroxyl groups is 1. The lowest BCUT2D eigenvalue weighted by Gasteiger charge is -2.17. The van der Waals surface area contributed by atoms with E-state index < -0.39 is 5.60 Å². The van der Waals surface area contributed by atoms with E-state index in [0.29, 0.717) is 0 Å². The molecular formula is C16H22O2. The number of hydrogen-bond acceptors (Lipinski definition) is 2. The van der Waals surface area contributed by atoms with E-state index in [-0.39, 0.29) is 0 Å². The number of hydrogen-bond donors (Lipinski definition) is 1. The van der Waals surface area contributed by atoms with Gasteiger partial charge in [0, 0.05) is 6.42 Å². The molecule has 18 heavy (non-hydrogen) atoms. The van der Waals surface area contributed by atoms with Gasteiger partial charge in [-0.1, -0.05) is 17.7 Å². The van der Waals surface area contributed by atoms with Gasteiger partial charge in [0.2, 0.25) is 0 Å². The molecule has 0 unspecified atom stereocenters. The molecule has 0 heterocycles. The van der Waals surface area contributed by atoms with Crippen LogP contribution >= 0.6 is 0 Å². The summed E-state index contributed by atoms with van der Waals surface area (Å²) in [6.45, 7) is 5.06. The molecule has 0 bridgehead atoms. The molecule has 0 spiro atoms. The Labute approximate surface area is 109 Å². The summed E-state index contributed by atoms with van der Waals surface area (Å²) < 4.78 is 6.01. The molecule has 2 heteroatoms. The minimum Gasteiger partial charge on any atom is -0.493 e. The van der Waals surface area contributed by atoms with Crippen molar-refractivity contribution in [1.29, 1.82) is 0 Å². The van der Waals surface area contributed by atoms with Crippen LogP contribution in [0.3, 0.4) is 0 Å². The van der Waals surface area contributed by atoms with Crippen molar-refractivity contribution in [3.8, 4) is 5.75 Å². The lowest BCUT2D eigenvalue weighted by atomic mass is 9.99. The number of rotatable bonds is 5. The van der Waals surface area contributed by atoms with E-state index in [9.17, 15) is 5.11 Å². The average molecular weight is 246 g/mol. The van der Waals surface area contributed by atoms with Gasteiger partial charge in [0.1, 0.15) is 5.75 Å². The summed E-state index contributed by atoms with van der Waals surface area (Å²) in [7, 11) is 0. The lowest BCUT2D eigenvalue weighted by Crippen LogP contribution is -2.13. The fraction of sp³-hybridized carbons (Fsp3) is 0.625. The lowest BCUT2D eigenvalue weighted by molar-refractivity contribution is 0.149. The molecule has 2 nitrogen and oxygen atoms in total. The minimum atomic E-state index is -0.447. The number of ether oxygens (including phenoxy) is 1. The fourth-order valence-corrected chi connectivity index (χ4v) is 2.54. The van der Waals surface area contributed by atoms with Crippen LogP contribution in [-0.2, 0) is 6.42 Å². The average Bonchev–Trinajstić information content (AvgIpc) is 3.16. The molecule has 1 aromatic rings. The molecule has 0 amide bonds. The monoisotopic (exact) mass is 246 g/mol. The first-order valence-electron chi connectivity index (χ1n) is 7.01. The number of aryl methyl sites for hydroxylation is 2. The minimum absolute atomic E-state index is 0.447. The third-order valence-electron chi connectivity index (χ3n) is 4.00. The molecule has 2 aliphatic carbocycles. The van der Waals surface area contributed by atoms with Gasteiger partial charge in [-0.05, 0) is 56.6 Å². The molecule has 1 aromatic carbocycles. The second kappa shape index (κ2) is 4.27. The van der Waals surface area contributed by atoms with Crippen molar-refractivity contribution in [2.24, 2.45) is 5.92 Å². The van der Waals surface area contributed by atoms with Crippen molar-refractivity contribution in [2.75, 3.05) is 6.61 Å². The maximum atomic E-state index is 10.1. The van der Waals surface area contributed by atoms with Crippen molar-refractivity contribution >= 4 is 0 Å². The molecular weight excluding hydrogens is 224 g/mol. The molecule has 3 rings (SSSR count). The van der Waals surface area contributed by atoms with Gasteiger partial charge < -0.3 is 9.84 Å². The molecule has 2 aliphatic rings. The molecule has 98 valence electrons. The van der Waals surface area contributed by atoms with Crippen LogP contribution in [0.5, 0.6) is 5.75 Å². The van der Waals surface area contributed by atoms with E-state index >= 15 is 0 Å². The van der Waals surface area contributed by atoms with Crippen LogP contribution in [0, 0.1) is 19.8 Å². The van der Waals surface area contributed by atoms with Crippen LogP contribution in [0.4, 0.5) is 0 Å². The Morgan fingerprint density at radius 2 is 2.00 bits per heavy atom. The van der Waals surface area contributed by atoms with Gasteiger partial charge >= 0.3 is 0 Å². The normalized spacial score (nSPS) is 20.8. The number of benzene rings is 1. The highest BCUT2D eigenvalue weighted by molar-refractivity contribution is 5.45. The smallest absolute Gasteiger partial charge is 0.125 e. The summed E-state index contributed by atoms with van der Waals surface area (Å²) in [6, 6.07) is 4.34. The van der Waals surface area contributed by atoms with E-state index in [1.807, 2.05) is 0 Å². The van der Waals surface area contributed by atoms with Crippen molar-refractivity contribution in [3.05, 3.63) is 28.8 Å². The Kier molecular flexibility index (Phi) is 2.86.